The van der Waals surface area contributed by atoms with Gasteiger partial charge in [0, 0.05) is 5.92 Å². The number of amides is 2. The molecule has 3 nitrogen and oxygen atoms in total. The number of carbonyl (C=O) groups is 2. The summed E-state index contributed by atoms with van der Waals surface area (Å²) in [5.41, 5.74) is 1.88. The van der Waals surface area contributed by atoms with Crippen LogP contribution in [0.15, 0.2) is 60.7 Å². The van der Waals surface area contributed by atoms with Crippen molar-refractivity contribution in [1.29, 1.82) is 0 Å². The zero-order valence-corrected chi connectivity index (χ0v) is 13.5. The van der Waals surface area contributed by atoms with E-state index in [0.29, 0.717) is 12.1 Å². The van der Waals surface area contributed by atoms with E-state index in [1.54, 1.807) is 0 Å². The molecule has 1 aliphatic heterocycles. The number of imide groups is 1. The second kappa shape index (κ2) is 6.37. The maximum Gasteiger partial charge on any atom is 0.237 e. The molecular weight excluding hydrogens is 286 g/mol. The Morgan fingerprint density at radius 1 is 0.913 bits per heavy atom. The van der Waals surface area contributed by atoms with Crippen LogP contribution in [0.3, 0.4) is 0 Å². The first-order valence-corrected chi connectivity index (χ1v) is 8.07. The quantitative estimate of drug-likeness (QED) is 0.800. The lowest BCUT2D eigenvalue weighted by Crippen LogP contribution is -2.30. The molecule has 3 unspecified atom stereocenters. The van der Waals surface area contributed by atoms with Crippen LogP contribution in [0.25, 0.3) is 0 Å². The van der Waals surface area contributed by atoms with Gasteiger partial charge >= 0.3 is 0 Å². The van der Waals surface area contributed by atoms with Crippen LogP contribution < -0.4 is 4.90 Å². The topological polar surface area (TPSA) is 37.4 Å². The van der Waals surface area contributed by atoms with Gasteiger partial charge in [0.15, 0.2) is 0 Å². The number of anilines is 1. The predicted molar refractivity (Wildman–Crippen MR) is 91.1 cm³/mol. The predicted octanol–water partition coefficient (Wildman–Crippen LogP) is 4.01. The Kier molecular flexibility index (Phi) is 4.28. The van der Waals surface area contributed by atoms with E-state index in [1.165, 1.54) is 10.5 Å². The van der Waals surface area contributed by atoms with Crippen LogP contribution >= 0.6 is 0 Å². The average Bonchev–Trinajstić information content (AvgIpc) is 2.80. The third-order valence-electron chi connectivity index (χ3n) is 4.74. The molecule has 0 saturated carbocycles. The third kappa shape index (κ3) is 2.91. The molecule has 1 heterocycles. The van der Waals surface area contributed by atoms with E-state index in [0.717, 1.165) is 0 Å². The van der Waals surface area contributed by atoms with E-state index in [-0.39, 0.29) is 29.6 Å². The lowest BCUT2D eigenvalue weighted by atomic mass is 9.85. The van der Waals surface area contributed by atoms with Gasteiger partial charge in [-0.3, -0.25) is 14.5 Å². The van der Waals surface area contributed by atoms with Gasteiger partial charge in [0.25, 0.3) is 0 Å². The van der Waals surface area contributed by atoms with E-state index in [2.05, 4.69) is 19.1 Å². The van der Waals surface area contributed by atoms with Crippen molar-refractivity contribution >= 4 is 17.5 Å². The second-order valence-corrected chi connectivity index (χ2v) is 6.29. The molecule has 2 aromatic carbocycles. The first kappa shape index (κ1) is 15.5. The van der Waals surface area contributed by atoms with E-state index in [9.17, 15) is 9.59 Å². The summed E-state index contributed by atoms with van der Waals surface area (Å²) < 4.78 is 0. The Bertz CT molecular complexity index is 696. The van der Waals surface area contributed by atoms with Gasteiger partial charge < -0.3 is 0 Å². The highest BCUT2D eigenvalue weighted by Crippen LogP contribution is 2.36. The fourth-order valence-corrected chi connectivity index (χ4v) is 3.30. The fraction of sp³-hybridized carbons (Fsp3) is 0.300. The molecule has 3 rings (SSSR count). The second-order valence-electron chi connectivity index (χ2n) is 6.29. The van der Waals surface area contributed by atoms with Crippen molar-refractivity contribution in [2.75, 3.05) is 4.90 Å². The Morgan fingerprint density at radius 3 is 2.09 bits per heavy atom. The molecule has 3 atom stereocenters. The molecule has 118 valence electrons. The summed E-state index contributed by atoms with van der Waals surface area (Å²) in [6.45, 7) is 3.98. The standard InChI is InChI=1S/C20H21NO2/c1-14(16-9-5-3-6-10-16)13-18-15(2)19(22)21(20(18)23)17-11-7-4-8-12-17/h3-12,14-15,18H,13H2,1-2H3. The summed E-state index contributed by atoms with van der Waals surface area (Å²) in [6.07, 6.45) is 0.694. The van der Waals surface area contributed by atoms with Crippen LogP contribution in [0.2, 0.25) is 0 Å². The molecule has 2 aromatic rings. The molecule has 0 bridgehead atoms. The van der Waals surface area contributed by atoms with Gasteiger partial charge in [-0.05, 0) is 30.0 Å². The van der Waals surface area contributed by atoms with E-state index in [4.69, 9.17) is 0 Å². The van der Waals surface area contributed by atoms with E-state index >= 15 is 0 Å². The summed E-state index contributed by atoms with van der Waals surface area (Å²) in [5.74, 6) is -0.439. The van der Waals surface area contributed by atoms with Crippen molar-refractivity contribution in [3.8, 4) is 0 Å². The Balaban J connectivity index is 1.81. The summed E-state index contributed by atoms with van der Waals surface area (Å²) in [5, 5.41) is 0. The maximum atomic E-state index is 12.8. The molecule has 1 fully saturated rings. The first-order chi connectivity index (χ1) is 11.1. The zero-order valence-electron chi connectivity index (χ0n) is 13.5. The lowest BCUT2D eigenvalue weighted by molar-refractivity contribution is -0.122. The van der Waals surface area contributed by atoms with Gasteiger partial charge in [-0.25, -0.2) is 0 Å². The smallest absolute Gasteiger partial charge is 0.237 e. The van der Waals surface area contributed by atoms with Gasteiger partial charge in [-0.2, -0.15) is 0 Å². The minimum Gasteiger partial charge on any atom is -0.274 e. The Morgan fingerprint density at radius 2 is 1.48 bits per heavy atom. The molecule has 0 aliphatic carbocycles. The molecule has 2 amide bonds. The molecule has 3 heteroatoms. The molecule has 23 heavy (non-hydrogen) atoms. The zero-order chi connectivity index (χ0) is 16.4. The highest BCUT2D eigenvalue weighted by atomic mass is 16.2. The summed E-state index contributed by atoms with van der Waals surface area (Å²) in [6, 6.07) is 19.3. The number of hydrogen-bond donors (Lipinski definition) is 0. The first-order valence-electron chi connectivity index (χ1n) is 8.07. The minimum atomic E-state index is -0.270. The van der Waals surface area contributed by atoms with Gasteiger partial charge in [-0.15, -0.1) is 0 Å². The van der Waals surface area contributed by atoms with Crippen molar-refractivity contribution in [1.82, 2.24) is 0 Å². The Hall–Kier alpha value is -2.42. The summed E-state index contributed by atoms with van der Waals surface area (Å²) >= 11 is 0. The van der Waals surface area contributed by atoms with Crippen molar-refractivity contribution in [2.24, 2.45) is 11.8 Å². The average molecular weight is 307 g/mol. The van der Waals surface area contributed by atoms with E-state index in [1.807, 2.05) is 55.5 Å². The largest absolute Gasteiger partial charge is 0.274 e. The molecule has 0 aromatic heterocycles. The van der Waals surface area contributed by atoms with Crippen LogP contribution in [0.1, 0.15) is 31.7 Å². The van der Waals surface area contributed by atoms with Crippen molar-refractivity contribution < 1.29 is 9.59 Å². The number of hydrogen-bond acceptors (Lipinski definition) is 2. The van der Waals surface area contributed by atoms with Gasteiger partial charge in [0.2, 0.25) is 11.8 Å². The minimum absolute atomic E-state index is 0.0727. The summed E-state index contributed by atoms with van der Waals surface area (Å²) in [4.78, 5) is 26.7. The number of nitrogens with zero attached hydrogens (tertiary/aromatic N) is 1. The van der Waals surface area contributed by atoms with Crippen LogP contribution in [-0.2, 0) is 9.59 Å². The molecule has 0 radical (unpaired) electrons. The van der Waals surface area contributed by atoms with E-state index < -0.39 is 0 Å². The Labute approximate surface area is 136 Å². The van der Waals surface area contributed by atoms with Gasteiger partial charge in [0.05, 0.1) is 11.6 Å². The van der Waals surface area contributed by atoms with Crippen LogP contribution in [0.4, 0.5) is 5.69 Å². The van der Waals surface area contributed by atoms with Crippen LogP contribution in [-0.4, -0.2) is 11.8 Å². The van der Waals surface area contributed by atoms with Crippen molar-refractivity contribution in [3.05, 3.63) is 66.2 Å². The van der Waals surface area contributed by atoms with Crippen LogP contribution in [0.5, 0.6) is 0 Å². The van der Waals surface area contributed by atoms with Gasteiger partial charge in [0.1, 0.15) is 0 Å². The van der Waals surface area contributed by atoms with Crippen molar-refractivity contribution in [3.63, 3.8) is 0 Å². The third-order valence-corrected chi connectivity index (χ3v) is 4.74. The number of benzene rings is 2. The van der Waals surface area contributed by atoms with Crippen LogP contribution in [0, 0.1) is 11.8 Å². The molecule has 1 saturated heterocycles. The number of para-hydroxylation sites is 1. The molecule has 1 aliphatic rings. The highest BCUT2D eigenvalue weighted by molar-refractivity contribution is 6.21. The number of carbonyl (C=O) groups excluding carboxylic acids is 2. The molecular formula is C20H21NO2. The fourth-order valence-electron chi connectivity index (χ4n) is 3.30. The van der Waals surface area contributed by atoms with Gasteiger partial charge in [-0.1, -0.05) is 62.4 Å². The van der Waals surface area contributed by atoms with Crippen molar-refractivity contribution in [2.45, 2.75) is 26.2 Å². The lowest BCUT2D eigenvalue weighted by Gasteiger charge is -2.18. The molecule has 0 spiro atoms. The maximum absolute atomic E-state index is 12.8. The summed E-state index contributed by atoms with van der Waals surface area (Å²) in [7, 11) is 0. The monoisotopic (exact) mass is 307 g/mol. The highest BCUT2D eigenvalue weighted by Gasteiger charge is 2.45. The molecule has 0 N–H and O–H groups in total. The number of rotatable bonds is 4. The normalized spacial score (nSPS) is 22.4. The SMILES string of the molecule is CC(CC1C(=O)N(c2ccccc2)C(=O)C1C)c1ccccc1.